The van der Waals surface area contributed by atoms with Gasteiger partial charge in [-0.25, -0.2) is 9.50 Å². The van der Waals surface area contributed by atoms with E-state index in [-0.39, 0.29) is 6.10 Å². The van der Waals surface area contributed by atoms with Crippen molar-refractivity contribution in [2.24, 2.45) is 0 Å². The van der Waals surface area contributed by atoms with Crippen LogP contribution in [0.2, 0.25) is 0 Å². The average Bonchev–Trinajstić information content (AvgIpc) is 2.67. The highest BCUT2D eigenvalue weighted by molar-refractivity contribution is 9.10. The van der Waals surface area contributed by atoms with Gasteiger partial charge in [-0.2, -0.15) is 5.10 Å². The van der Waals surface area contributed by atoms with Crippen LogP contribution in [0, 0.1) is 6.92 Å². The molecule has 0 radical (unpaired) electrons. The third-order valence-corrected chi connectivity index (χ3v) is 4.36. The van der Waals surface area contributed by atoms with Gasteiger partial charge in [0.15, 0.2) is 0 Å². The molecule has 0 spiro atoms. The third-order valence-electron chi connectivity index (χ3n) is 3.73. The summed E-state index contributed by atoms with van der Waals surface area (Å²) in [5.41, 5.74) is 2.25. The summed E-state index contributed by atoms with van der Waals surface area (Å²) in [5, 5.41) is 14.1. The first-order valence-corrected chi connectivity index (χ1v) is 7.13. The lowest BCUT2D eigenvalue weighted by molar-refractivity contribution is 0.121. The molecular weight excluding hydrogens is 294 g/mol. The van der Waals surface area contributed by atoms with Crippen LogP contribution in [-0.4, -0.2) is 25.8 Å². The number of hydrogen-bond donors (Lipinski definition) is 1. The summed E-state index contributed by atoms with van der Waals surface area (Å²) in [7, 11) is 0. The number of aliphatic hydroxyl groups excluding tert-OH is 1. The molecule has 2 aromatic rings. The van der Waals surface area contributed by atoms with Crippen molar-refractivity contribution in [2.75, 3.05) is 0 Å². The highest BCUT2D eigenvalue weighted by atomic mass is 79.9. The fraction of sp³-hybridized carbons (Fsp3) is 0.538. The second kappa shape index (κ2) is 4.63. The molecule has 0 bridgehead atoms. The Morgan fingerprint density at radius 2 is 2.06 bits per heavy atom. The molecular formula is C13H16BrN3O. The van der Waals surface area contributed by atoms with Gasteiger partial charge in [0.1, 0.15) is 5.82 Å². The maximum absolute atomic E-state index is 9.59. The third kappa shape index (κ3) is 2.06. The van der Waals surface area contributed by atoms with Crippen LogP contribution in [0.4, 0.5) is 0 Å². The van der Waals surface area contributed by atoms with E-state index in [1.54, 1.807) is 0 Å². The van der Waals surface area contributed by atoms with Crippen LogP contribution in [0.5, 0.6) is 0 Å². The quantitative estimate of drug-likeness (QED) is 0.881. The smallest absolute Gasteiger partial charge is 0.146 e. The zero-order valence-corrected chi connectivity index (χ0v) is 11.9. The maximum Gasteiger partial charge on any atom is 0.146 e. The predicted molar refractivity (Wildman–Crippen MR) is 72.6 cm³/mol. The van der Waals surface area contributed by atoms with E-state index in [2.05, 4.69) is 32.1 Å². The van der Waals surface area contributed by atoms with E-state index in [9.17, 15) is 5.11 Å². The molecule has 0 saturated heterocycles. The first kappa shape index (κ1) is 12.1. The number of fused-ring (bicyclic) bond motifs is 1. The van der Waals surface area contributed by atoms with Crippen molar-refractivity contribution >= 4 is 21.4 Å². The number of nitrogens with zero attached hydrogens (tertiary/aromatic N) is 3. The fourth-order valence-electron chi connectivity index (χ4n) is 2.72. The lowest BCUT2D eigenvalue weighted by atomic mass is 9.85. The minimum Gasteiger partial charge on any atom is -0.393 e. The molecule has 0 unspecified atom stereocenters. The number of rotatable bonds is 1. The van der Waals surface area contributed by atoms with Crippen molar-refractivity contribution in [1.29, 1.82) is 0 Å². The summed E-state index contributed by atoms with van der Waals surface area (Å²) in [6, 6.07) is 2.14. The lowest BCUT2D eigenvalue weighted by Crippen LogP contribution is -2.18. The van der Waals surface area contributed by atoms with E-state index in [1.165, 1.54) is 5.69 Å². The van der Waals surface area contributed by atoms with Crippen molar-refractivity contribution < 1.29 is 5.11 Å². The van der Waals surface area contributed by atoms with Gasteiger partial charge in [-0.3, -0.25) is 0 Å². The van der Waals surface area contributed by atoms with Crippen molar-refractivity contribution in [3.05, 3.63) is 28.3 Å². The molecule has 5 heteroatoms. The van der Waals surface area contributed by atoms with Crippen molar-refractivity contribution in [2.45, 2.75) is 44.6 Å². The van der Waals surface area contributed by atoms with Crippen LogP contribution in [0.1, 0.15) is 43.1 Å². The molecule has 1 saturated carbocycles. The fourth-order valence-corrected chi connectivity index (χ4v) is 3.23. The van der Waals surface area contributed by atoms with E-state index in [1.807, 2.05) is 17.6 Å². The Labute approximate surface area is 114 Å². The number of halogens is 1. The van der Waals surface area contributed by atoms with E-state index in [0.29, 0.717) is 5.92 Å². The van der Waals surface area contributed by atoms with Crippen LogP contribution < -0.4 is 0 Å². The molecule has 1 N–H and O–H groups in total. The summed E-state index contributed by atoms with van der Waals surface area (Å²) in [5.74, 6) is 1.27. The molecule has 0 amide bonds. The van der Waals surface area contributed by atoms with Crippen molar-refractivity contribution in [3.63, 3.8) is 0 Å². The minimum atomic E-state index is -0.118. The maximum atomic E-state index is 9.59. The summed E-state index contributed by atoms with van der Waals surface area (Å²) < 4.78 is 3.04. The van der Waals surface area contributed by atoms with Crippen LogP contribution in [0.3, 0.4) is 0 Å². The highest BCUT2D eigenvalue weighted by Crippen LogP contribution is 2.35. The Balaban J connectivity index is 2.03. The SMILES string of the molecule is Cc1ncc2c(Br)cc(C3CCC(O)CC3)n2n1. The van der Waals surface area contributed by atoms with Gasteiger partial charge in [0, 0.05) is 16.1 Å². The zero-order valence-electron chi connectivity index (χ0n) is 10.3. The van der Waals surface area contributed by atoms with Gasteiger partial charge in [-0.15, -0.1) is 0 Å². The second-order valence-corrected chi connectivity index (χ2v) is 5.88. The van der Waals surface area contributed by atoms with Gasteiger partial charge in [0.25, 0.3) is 0 Å². The molecule has 4 nitrogen and oxygen atoms in total. The largest absolute Gasteiger partial charge is 0.393 e. The number of aryl methyl sites for hydroxylation is 1. The van der Waals surface area contributed by atoms with Crippen LogP contribution in [0.15, 0.2) is 16.7 Å². The van der Waals surface area contributed by atoms with Crippen LogP contribution in [0.25, 0.3) is 5.52 Å². The first-order valence-electron chi connectivity index (χ1n) is 6.34. The number of aromatic nitrogens is 3. The Hall–Kier alpha value is -0.940. The average molecular weight is 310 g/mol. The molecule has 1 aliphatic rings. The summed E-state index contributed by atoms with van der Waals surface area (Å²) in [6.45, 7) is 1.90. The molecule has 0 aliphatic heterocycles. The van der Waals surface area contributed by atoms with Gasteiger partial charge < -0.3 is 5.11 Å². The van der Waals surface area contributed by atoms with Crippen molar-refractivity contribution in [3.8, 4) is 0 Å². The van der Waals surface area contributed by atoms with Gasteiger partial charge in [-0.05, 0) is 54.6 Å². The summed E-state index contributed by atoms with van der Waals surface area (Å²) in [6.07, 6.45) is 5.57. The van der Waals surface area contributed by atoms with Gasteiger partial charge in [-0.1, -0.05) is 0 Å². The Bertz CT molecular complexity index is 573. The first-order chi connectivity index (χ1) is 8.65. The Morgan fingerprint density at radius 3 is 2.78 bits per heavy atom. The second-order valence-electron chi connectivity index (χ2n) is 5.03. The Kier molecular flexibility index (Phi) is 3.11. The van der Waals surface area contributed by atoms with Crippen molar-refractivity contribution in [1.82, 2.24) is 14.6 Å². The molecule has 1 aliphatic carbocycles. The van der Waals surface area contributed by atoms with E-state index in [4.69, 9.17) is 0 Å². The molecule has 96 valence electrons. The summed E-state index contributed by atoms with van der Waals surface area (Å²) in [4.78, 5) is 4.24. The minimum absolute atomic E-state index is 0.118. The standard InChI is InChI=1S/C13H16BrN3O/c1-8-15-7-13-11(14)6-12(17(13)16-8)9-2-4-10(18)5-3-9/h6-7,9-10,18H,2-5H2,1H3. The van der Waals surface area contributed by atoms with Crippen LogP contribution in [-0.2, 0) is 0 Å². The molecule has 0 aromatic carbocycles. The zero-order chi connectivity index (χ0) is 12.7. The van der Waals surface area contributed by atoms with Gasteiger partial charge in [0.05, 0.1) is 17.8 Å². The highest BCUT2D eigenvalue weighted by Gasteiger charge is 2.24. The van der Waals surface area contributed by atoms with E-state index in [0.717, 1.165) is 41.5 Å². The number of aliphatic hydroxyl groups is 1. The predicted octanol–water partition coefficient (Wildman–Crippen LogP) is 2.82. The normalized spacial score (nSPS) is 24.6. The topological polar surface area (TPSA) is 50.4 Å². The molecule has 0 atom stereocenters. The van der Waals surface area contributed by atoms with Gasteiger partial charge >= 0.3 is 0 Å². The molecule has 1 fully saturated rings. The molecule has 3 rings (SSSR count). The van der Waals surface area contributed by atoms with E-state index >= 15 is 0 Å². The van der Waals surface area contributed by atoms with Gasteiger partial charge in [0.2, 0.25) is 0 Å². The summed E-state index contributed by atoms with van der Waals surface area (Å²) >= 11 is 3.57. The lowest BCUT2D eigenvalue weighted by Gasteiger charge is -2.25. The van der Waals surface area contributed by atoms with E-state index < -0.39 is 0 Å². The number of hydrogen-bond acceptors (Lipinski definition) is 3. The molecule has 2 heterocycles. The van der Waals surface area contributed by atoms with Crippen LogP contribution >= 0.6 is 15.9 Å². The molecule has 18 heavy (non-hydrogen) atoms. The monoisotopic (exact) mass is 309 g/mol. The molecule has 2 aromatic heterocycles. The Morgan fingerprint density at radius 1 is 1.33 bits per heavy atom.